The third-order valence-electron chi connectivity index (χ3n) is 3.07. The Kier molecular flexibility index (Phi) is 3.17. The second-order valence-electron chi connectivity index (χ2n) is 4.36. The van der Waals surface area contributed by atoms with Gasteiger partial charge in [-0.1, -0.05) is 47.9 Å². The van der Waals surface area contributed by atoms with Crippen LogP contribution in [0, 0.1) is 0 Å². The van der Waals surface area contributed by atoms with Crippen LogP contribution in [0.1, 0.15) is 0 Å². The Morgan fingerprint density at radius 2 is 1.63 bits per heavy atom. The summed E-state index contributed by atoms with van der Waals surface area (Å²) < 4.78 is 1.86. The van der Waals surface area contributed by atoms with E-state index in [4.69, 9.17) is 5.02 Å². The molecule has 2 aromatic carbocycles. The Morgan fingerprint density at radius 1 is 0.895 bits per heavy atom. The van der Waals surface area contributed by atoms with Crippen LogP contribution in [0.3, 0.4) is 0 Å². The van der Waals surface area contributed by atoms with Crippen molar-refractivity contribution in [3.63, 3.8) is 0 Å². The fourth-order valence-corrected chi connectivity index (χ4v) is 2.00. The predicted octanol–water partition coefficient (Wildman–Crippen LogP) is 1.51. The first-order valence-corrected chi connectivity index (χ1v) is 6.17. The molecule has 0 aliphatic rings. The van der Waals surface area contributed by atoms with Crippen molar-refractivity contribution in [3.05, 3.63) is 67.0 Å². The molecular formula is C15H13BN2O. The van der Waals surface area contributed by atoms with Crippen LogP contribution in [0.4, 0.5) is 0 Å². The van der Waals surface area contributed by atoms with Crippen LogP contribution < -0.4 is 5.46 Å². The Hall–Kier alpha value is -2.33. The maximum absolute atomic E-state index is 9.04. The molecular weight excluding hydrogens is 235 g/mol. The highest BCUT2D eigenvalue weighted by Crippen LogP contribution is 2.18. The van der Waals surface area contributed by atoms with Gasteiger partial charge < -0.3 is 5.02 Å². The summed E-state index contributed by atoms with van der Waals surface area (Å²) in [6, 6.07) is 17.9. The van der Waals surface area contributed by atoms with Crippen molar-refractivity contribution in [1.29, 1.82) is 0 Å². The van der Waals surface area contributed by atoms with Gasteiger partial charge in [-0.05, 0) is 17.7 Å². The highest BCUT2D eigenvalue weighted by molar-refractivity contribution is 6.45. The van der Waals surface area contributed by atoms with E-state index in [1.807, 2.05) is 71.7 Å². The van der Waals surface area contributed by atoms with Crippen LogP contribution in [0.5, 0.6) is 0 Å². The Labute approximate surface area is 112 Å². The van der Waals surface area contributed by atoms with Crippen molar-refractivity contribution in [3.8, 4) is 16.8 Å². The molecule has 19 heavy (non-hydrogen) atoms. The van der Waals surface area contributed by atoms with Gasteiger partial charge in [0.15, 0.2) is 0 Å². The van der Waals surface area contributed by atoms with E-state index in [0.29, 0.717) is 0 Å². The number of rotatable bonds is 3. The van der Waals surface area contributed by atoms with Gasteiger partial charge in [0.1, 0.15) is 0 Å². The van der Waals surface area contributed by atoms with Gasteiger partial charge in [-0.2, -0.15) is 5.10 Å². The summed E-state index contributed by atoms with van der Waals surface area (Å²) in [5.41, 5.74) is 4.12. The van der Waals surface area contributed by atoms with E-state index in [1.165, 1.54) is 0 Å². The summed E-state index contributed by atoms with van der Waals surface area (Å²) in [5, 5.41) is 13.4. The average molecular weight is 248 g/mol. The van der Waals surface area contributed by atoms with Crippen molar-refractivity contribution < 1.29 is 5.02 Å². The third kappa shape index (κ3) is 2.44. The highest BCUT2D eigenvalue weighted by atomic mass is 16.2. The molecule has 1 heterocycles. The summed E-state index contributed by atoms with van der Waals surface area (Å²) >= 11 is 0. The number of para-hydroxylation sites is 1. The Balaban J connectivity index is 1.92. The smallest absolute Gasteiger partial charge is 0.304 e. The SMILES string of the molecule is OBc1ccc(-c2cnn(-c3ccccc3)c2)cc1. The number of hydrogen-bond donors (Lipinski definition) is 1. The topological polar surface area (TPSA) is 38.1 Å². The predicted molar refractivity (Wildman–Crippen MR) is 78.0 cm³/mol. The molecule has 0 aliphatic heterocycles. The molecule has 3 nitrogen and oxygen atoms in total. The van der Waals surface area contributed by atoms with E-state index in [0.717, 1.165) is 22.3 Å². The Morgan fingerprint density at radius 3 is 2.32 bits per heavy atom. The van der Waals surface area contributed by atoms with Crippen LogP contribution in [0.15, 0.2) is 67.0 Å². The molecule has 3 aromatic rings. The zero-order chi connectivity index (χ0) is 13.1. The summed E-state index contributed by atoms with van der Waals surface area (Å²) in [6.07, 6.45) is 3.85. The summed E-state index contributed by atoms with van der Waals surface area (Å²) in [5.74, 6) is 0. The minimum atomic E-state index is 0.0730. The zero-order valence-electron chi connectivity index (χ0n) is 10.4. The molecule has 4 heteroatoms. The minimum absolute atomic E-state index is 0.0730. The second-order valence-corrected chi connectivity index (χ2v) is 4.36. The molecule has 92 valence electrons. The first kappa shape index (κ1) is 11.7. The fourth-order valence-electron chi connectivity index (χ4n) is 2.00. The summed E-state index contributed by atoms with van der Waals surface area (Å²) in [4.78, 5) is 0. The molecule has 0 atom stereocenters. The van der Waals surface area contributed by atoms with Gasteiger partial charge in [0.05, 0.1) is 11.9 Å². The first-order chi connectivity index (χ1) is 9.36. The lowest BCUT2D eigenvalue weighted by Crippen LogP contribution is -2.11. The van der Waals surface area contributed by atoms with Gasteiger partial charge in [0.25, 0.3) is 0 Å². The van der Waals surface area contributed by atoms with Crippen LogP contribution in [-0.4, -0.2) is 22.3 Å². The maximum Gasteiger partial charge on any atom is 0.304 e. The molecule has 0 saturated carbocycles. The normalized spacial score (nSPS) is 10.4. The minimum Gasteiger partial charge on any atom is -0.449 e. The molecule has 1 aromatic heterocycles. The van der Waals surface area contributed by atoms with Gasteiger partial charge in [-0.15, -0.1) is 0 Å². The molecule has 1 N–H and O–H groups in total. The van der Waals surface area contributed by atoms with Crippen molar-refractivity contribution in [2.75, 3.05) is 0 Å². The number of benzene rings is 2. The number of hydrogen-bond acceptors (Lipinski definition) is 2. The quantitative estimate of drug-likeness (QED) is 0.713. The van der Waals surface area contributed by atoms with Crippen molar-refractivity contribution >= 4 is 12.9 Å². The van der Waals surface area contributed by atoms with E-state index in [9.17, 15) is 0 Å². The molecule has 0 saturated heterocycles. The van der Waals surface area contributed by atoms with Crippen molar-refractivity contribution in [2.45, 2.75) is 0 Å². The average Bonchev–Trinajstić information content (AvgIpc) is 2.98. The van der Waals surface area contributed by atoms with Crippen LogP contribution in [-0.2, 0) is 0 Å². The number of nitrogens with zero attached hydrogens (tertiary/aromatic N) is 2. The molecule has 3 rings (SSSR count). The monoisotopic (exact) mass is 248 g/mol. The van der Waals surface area contributed by atoms with Gasteiger partial charge in [0.2, 0.25) is 0 Å². The van der Waals surface area contributed by atoms with Gasteiger partial charge in [0, 0.05) is 11.8 Å². The molecule has 0 fully saturated rings. The summed E-state index contributed by atoms with van der Waals surface area (Å²) in [7, 11) is 0.0730. The second kappa shape index (κ2) is 5.12. The standard InChI is InChI=1S/C15H13BN2O/c19-16-14-8-6-12(7-9-14)13-10-17-18(11-13)15-4-2-1-3-5-15/h1-11,16,19H. The molecule has 0 aliphatic carbocycles. The molecule has 0 spiro atoms. The van der Waals surface area contributed by atoms with Crippen molar-refractivity contribution in [1.82, 2.24) is 9.78 Å². The van der Waals surface area contributed by atoms with Crippen molar-refractivity contribution in [2.24, 2.45) is 0 Å². The number of aromatic nitrogens is 2. The largest absolute Gasteiger partial charge is 0.449 e. The molecule has 0 radical (unpaired) electrons. The maximum atomic E-state index is 9.04. The molecule has 0 amide bonds. The lowest BCUT2D eigenvalue weighted by atomic mass is 9.88. The van der Waals surface area contributed by atoms with E-state index in [1.54, 1.807) is 0 Å². The van der Waals surface area contributed by atoms with Gasteiger partial charge >= 0.3 is 7.48 Å². The van der Waals surface area contributed by atoms with Crippen LogP contribution in [0.2, 0.25) is 0 Å². The van der Waals surface area contributed by atoms with Crippen LogP contribution in [0.25, 0.3) is 16.8 Å². The van der Waals surface area contributed by atoms with E-state index >= 15 is 0 Å². The van der Waals surface area contributed by atoms with Crippen LogP contribution >= 0.6 is 0 Å². The van der Waals surface area contributed by atoms with E-state index < -0.39 is 0 Å². The van der Waals surface area contributed by atoms with E-state index in [-0.39, 0.29) is 7.48 Å². The zero-order valence-corrected chi connectivity index (χ0v) is 10.4. The first-order valence-electron chi connectivity index (χ1n) is 6.17. The molecule has 0 unspecified atom stereocenters. The third-order valence-corrected chi connectivity index (χ3v) is 3.07. The molecule has 0 bridgehead atoms. The van der Waals surface area contributed by atoms with Gasteiger partial charge in [-0.3, -0.25) is 0 Å². The Bertz CT molecular complexity index is 662. The lowest BCUT2D eigenvalue weighted by Gasteiger charge is -2.00. The van der Waals surface area contributed by atoms with E-state index in [2.05, 4.69) is 5.10 Å². The summed E-state index contributed by atoms with van der Waals surface area (Å²) in [6.45, 7) is 0. The van der Waals surface area contributed by atoms with Gasteiger partial charge in [-0.25, -0.2) is 4.68 Å². The lowest BCUT2D eigenvalue weighted by molar-refractivity contribution is 0.615. The highest BCUT2D eigenvalue weighted by Gasteiger charge is 2.03. The fraction of sp³-hybridized carbons (Fsp3) is 0.